The van der Waals surface area contributed by atoms with Crippen LogP contribution in [0.1, 0.15) is 12.0 Å². The standard InChI is InChI=1S/C11H14N2O/c1-13-8-9-4-2-3-5-10(9)12-7-6-11(13)14/h2-5,12H,6-8H2,1H3. The maximum atomic E-state index is 11.5. The zero-order chi connectivity index (χ0) is 9.97. The first-order valence-electron chi connectivity index (χ1n) is 4.83. The van der Waals surface area contributed by atoms with Crippen molar-refractivity contribution in [3.8, 4) is 0 Å². The van der Waals surface area contributed by atoms with Crippen molar-refractivity contribution in [2.24, 2.45) is 0 Å². The normalized spacial score (nSPS) is 16.6. The lowest BCUT2D eigenvalue weighted by molar-refractivity contribution is -0.130. The van der Waals surface area contributed by atoms with Crippen molar-refractivity contribution in [1.29, 1.82) is 0 Å². The van der Waals surface area contributed by atoms with Crippen LogP contribution in [0.4, 0.5) is 5.69 Å². The average Bonchev–Trinajstić information content (AvgIpc) is 2.18. The number of benzene rings is 1. The molecule has 1 aromatic carbocycles. The molecule has 3 heteroatoms. The lowest BCUT2D eigenvalue weighted by Crippen LogP contribution is -2.30. The molecule has 0 radical (unpaired) electrons. The third kappa shape index (κ3) is 1.71. The van der Waals surface area contributed by atoms with Crippen LogP contribution in [-0.2, 0) is 11.3 Å². The van der Waals surface area contributed by atoms with E-state index in [0.29, 0.717) is 13.0 Å². The van der Waals surface area contributed by atoms with Crippen LogP contribution in [0, 0.1) is 0 Å². The SMILES string of the molecule is CN1Cc2ccccc2NCCC1=O. The summed E-state index contributed by atoms with van der Waals surface area (Å²) in [6.07, 6.45) is 0.574. The molecular formula is C11H14N2O. The molecule has 0 aromatic heterocycles. The van der Waals surface area contributed by atoms with E-state index in [9.17, 15) is 4.79 Å². The molecule has 14 heavy (non-hydrogen) atoms. The van der Waals surface area contributed by atoms with Gasteiger partial charge in [-0.25, -0.2) is 0 Å². The fourth-order valence-corrected chi connectivity index (χ4v) is 1.67. The summed E-state index contributed by atoms with van der Waals surface area (Å²) in [4.78, 5) is 13.2. The van der Waals surface area contributed by atoms with Gasteiger partial charge in [0.2, 0.25) is 5.91 Å². The number of hydrogen-bond acceptors (Lipinski definition) is 2. The minimum atomic E-state index is 0.201. The van der Waals surface area contributed by atoms with E-state index in [1.165, 1.54) is 5.56 Å². The van der Waals surface area contributed by atoms with Gasteiger partial charge in [-0.1, -0.05) is 18.2 Å². The topological polar surface area (TPSA) is 32.3 Å². The minimum Gasteiger partial charge on any atom is -0.384 e. The van der Waals surface area contributed by atoms with Crippen LogP contribution in [0.25, 0.3) is 0 Å². The Hall–Kier alpha value is -1.51. The highest BCUT2D eigenvalue weighted by atomic mass is 16.2. The molecule has 74 valence electrons. The molecule has 1 amide bonds. The largest absolute Gasteiger partial charge is 0.384 e. The molecule has 1 aliphatic heterocycles. The summed E-state index contributed by atoms with van der Waals surface area (Å²) in [6, 6.07) is 8.12. The zero-order valence-electron chi connectivity index (χ0n) is 8.29. The van der Waals surface area contributed by atoms with Gasteiger partial charge in [-0.15, -0.1) is 0 Å². The summed E-state index contributed by atoms with van der Waals surface area (Å²) in [7, 11) is 1.85. The molecule has 1 heterocycles. The van der Waals surface area contributed by atoms with Crippen molar-refractivity contribution < 1.29 is 4.79 Å². The molecular weight excluding hydrogens is 176 g/mol. The highest BCUT2D eigenvalue weighted by Crippen LogP contribution is 2.18. The van der Waals surface area contributed by atoms with Gasteiger partial charge in [0, 0.05) is 32.2 Å². The zero-order valence-corrected chi connectivity index (χ0v) is 8.29. The van der Waals surface area contributed by atoms with Crippen LogP contribution < -0.4 is 5.32 Å². The smallest absolute Gasteiger partial charge is 0.224 e. The number of nitrogens with zero attached hydrogens (tertiary/aromatic N) is 1. The van der Waals surface area contributed by atoms with E-state index in [1.54, 1.807) is 4.90 Å². The maximum Gasteiger partial charge on any atom is 0.224 e. The molecule has 1 aliphatic rings. The number of para-hydroxylation sites is 1. The molecule has 0 atom stereocenters. The summed E-state index contributed by atoms with van der Waals surface area (Å²) in [6.45, 7) is 1.42. The number of nitrogens with one attached hydrogen (secondary N) is 1. The monoisotopic (exact) mass is 190 g/mol. The fourth-order valence-electron chi connectivity index (χ4n) is 1.67. The number of carbonyl (C=O) groups is 1. The Kier molecular flexibility index (Phi) is 2.39. The first-order valence-corrected chi connectivity index (χ1v) is 4.83. The van der Waals surface area contributed by atoms with Gasteiger partial charge in [0.25, 0.3) is 0 Å². The molecule has 0 spiro atoms. The Bertz CT molecular complexity index is 349. The highest BCUT2D eigenvalue weighted by Gasteiger charge is 2.13. The number of amides is 1. The van der Waals surface area contributed by atoms with Crippen molar-refractivity contribution >= 4 is 11.6 Å². The second kappa shape index (κ2) is 3.70. The van der Waals surface area contributed by atoms with Crippen LogP contribution >= 0.6 is 0 Å². The quantitative estimate of drug-likeness (QED) is 0.671. The Morgan fingerprint density at radius 2 is 2.14 bits per heavy atom. The van der Waals surface area contributed by atoms with E-state index >= 15 is 0 Å². The van der Waals surface area contributed by atoms with Gasteiger partial charge in [0.15, 0.2) is 0 Å². The van der Waals surface area contributed by atoms with Crippen LogP contribution in [0.5, 0.6) is 0 Å². The third-order valence-corrected chi connectivity index (χ3v) is 2.50. The van der Waals surface area contributed by atoms with E-state index in [0.717, 1.165) is 12.2 Å². The van der Waals surface area contributed by atoms with Gasteiger partial charge in [0.1, 0.15) is 0 Å². The van der Waals surface area contributed by atoms with E-state index in [2.05, 4.69) is 17.4 Å². The molecule has 1 aromatic rings. The van der Waals surface area contributed by atoms with Crippen LogP contribution in [-0.4, -0.2) is 24.4 Å². The Labute approximate surface area is 83.7 Å². The lowest BCUT2D eigenvalue weighted by Gasteiger charge is -2.23. The lowest BCUT2D eigenvalue weighted by atomic mass is 10.1. The fraction of sp³-hybridized carbons (Fsp3) is 0.364. The average molecular weight is 190 g/mol. The van der Waals surface area contributed by atoms with Gasteiger partial charge in [-0.05, 0) is 11.6 Å². The van der Waals surface area contributed by atoms with Crippen molar-refractivity contribution in [2.45, 2.75) is 13.0 Å². The molecule has 3 nitrogen and oxygen atoms in total. The van der Waals surface area contributed by atoms with Crippen LogP contribution in [0.3, 0.4) is 0 Å². The molecule has 0 bridgehead atoms. The van der Waals surface area contributed by atoms with Crippen molar-refractivity contribution in [3.63, 3.8) is 0 Å². The van der Waals surface area contributed by atoms with Crippen molar-refractivity contribution in [2.75, 3.05) is 18.9 Å². The summed E-state index contributed by atoms with van der Waals surface area (Å²) >= 11 is 0. The van der Waals surface area contributed by atoms with Gasteiger partial charge in [0.05, 0.1) is 0 Å². The predicted molar refractivity (Wildman–Crippen MR) is 56.0 cm³/mol. The third-order valence-electron chi connectivity index (χ3n) is 2.50. The number of carbonyl (C=O) groups excluding carboxylic acids is 1. The van der Waals surface area contributed by atoms with E-state index in [1.807, 2.05) is 19.2 Å². The number of hydrogen-bond donors (Lipinski definition) is 1. The highest BCUT2D eigenvalue weighted by molar-refractivity contribution is 5.77. The van der Waals surface area contributed by atoms with Crippen molar-refractivity contribution in [1.82, 2.24) is 4.90 Å². The van der Waals surface area contributed by atoms with Crippen LogP contribution in [0.2, 0.25) is 0 Å². The molecule has 1 N–H and O–H groups in total. The number of anilines is 1. The second-order valence-electron chi connectivity index (χ2n) is 3.58. The summed E-state index contributed by atoms with van der Waals surface area (Å²) < 4.78 is 0. The summed E-state index contributed by atoms with van der Waals surface area (Å²) in [5.74, 6) is 0.201. The molecule has 0 saturated carbocycles. The minimum absolute atomic E-state index is 0.201. The summed E-state index contributed by atoms with van der Waals surface area (Å²) in [5, 5.41) is 3.27. The molecule has 0 fully saturated rings. The molecule has 2 rings (SSSR count). The maximum absolute atomic E-state index is 11.5. The molecule has 0 saturated heterocycles. The van der Waals surface area contributed by atoms with E-state index in [-0.39, 0.29) is 5.91 Å². The van der Waals surface area contributed by atoms with E-state index < -0.39 is 0 Å². The molecule has 0 unspecified atom stereocenters. The van der Waals surface area contributed by atoms with Gasteiger partial charge in [-0.2, -0.15) is 0 Å². The van der Waals surface area contributed by atoms with Crippen molar-refractivity contribution in [3.05, 3.63) is 29.8 Å². The Morgan fingerprint density at radius 3 is 3.00 bits per heavy atom. The van der Waals surface area contributed by atoms with E-state index in [4.69, 9.17) is 0 Å². The summed E-state index contributed by atoms with van der Waals surface area (Å²) in [5.41, 5.74) is 2.33. The van der Waals surface area contributed by atoms with Gasteiger partial charge < -0.3 is 10.2 Å². The number of rotatable bonds is 0. The number of fused-ring (bicyclic) bond motifs is 1. The van der Waals surface area contributed by atoms with Crippen LogP contribution in [0.15, 0.2) is 24.3 Å². The Balaban J connectivity index is 2.29. The first-order chi connectivity index (χ1) is 6.77. The predicted octanol–water partition coefficient (Wildman–Crippen LogP) is 1.46. The van der Waals surface area contributed by atoms with Gasteiger partial charge >= 0.3 is 0 Å². The second-order valence-corrected chi connectivity index (χ2v) is 3.58. The molecule has 0 aliphatic carbocycles. The first kappa shape index (κ1) is 9.06. The van der Waals surface area contributed by atoms with Gasteiger partial charge in [-0.3, -0.25) is 4.79 Å². The Morgan fingerprint density at radius 1 is 1.36 bits per heavy atom.